The lowest BCUT2D eigenvalue weighted by Crippen LogP contribution is -1.88. The molecular weight excluding hydrogens is 137 g/mol. The third-order valence-corrected chi connectivity index (χ3v) is 1.72. The summed E-state index contributed by atoms with van der Waals surface area (Å²) in [6.45, 7) is 3.86. The molecule has 50 valence electrons. The van der Waals surface area contributed by atoms with Crippen LogP contribution in [0.2, 0.25) is 0 Å². The molecule has 9 heavy (non-hydrogen) atoms. The Bertz CT molecular complexity index is 195. The molecule has 0 spiro atoms. The van der Waals surface area contributed by atoms with Crippen LogP contribution >= 0.6 is 11.3 Å². The quantitative estimate of drug-likeness (QED) is 0.591. The van der Waals surface area contributed by atoms with E-state index in [0.29, 0.717) is 5.69 Å². The Morgan fingerprint density at radius 2 is 2.33 bits per heavy atom. The molecule has 0 atom stereocenters. The summed E-state index contributed by atoms with van der Waals surface area (Å²) < 4.78 is 12.6. The Labute approximate surface area is 57.6 Å². The number of rotatable bonds is 1. The van der Waals surface area contributed by atoms with Crippen LogP contribution in [0.5, 0.6) is 0 Å². The van der Waals surface area contributed by atoms with Crippen LogP contribution in [0.4, 0.5) is 4.39 Å². The Balaban J connectivity index is 2.94. The molecule has 3 heteroatoms. The molecule has 1 aromatic heterocycles. The molecule has 1 nitrogen and oxygen atoms in total. The maximum Gasteiger partial charge on any atom is 0.199 e. The summed E-state index contributed by atoms with van der Waals surface area (Å²) in [7, 11) is 0. The summed E-state index contributed by atoms with van der Waals surface area (Å²) in [4.78, 5) is 3.86. The van der Waals surface area contributed by atoms with Crippen LogP contribution in [0.25, 0.3) is 0 Å². The number of aromatic nitrogens is 1. The Morgan fingerprint density at radius 1 is 1.67 bits per heavy atom. The monoisotopic (exact) mass is 145 g/mol. The molecule has 0 saturated heterocycles. The molecule has 0 unspecified atom stereocenters. The third kappa shape index (κ3) is 1.27. The lowest BCUT2D eigenvalue weighted by Gasteiger charge is -1.96. The SMILES string of the molecule is CC(C)c1ncsc1F. The fourth-order valence-corrected chi connectivity index (χ4v) is 1.28. The van der Waals surface area contributed by atoms with E-state index in [2.05, 4.69) is 4.98 Å². The number of hydrogen-bond donors (Lipinski definition) is 0. The minimum Gasteiger partial charge on any atom is -0.246 e. The van der Waals surface area contributed by atoms with Crippen LogP contribution in [-0.4, -0.2) is 4.98 Å². The molecular formula is C6H8FNS. The molecule has 0 aromatic carbocycles. The van der Waals surface area contributed by atoms with E-state index in [-0.39, 0.29) is 11.0 Å². The summed E-state index contributed by atoms with van der Waals surface area (Å²) >= 11 is 1.05. The summed E-state index contributed by atoms with van der Waals surface area (Å²) in [5.41, 5.74) is 2.12. The fourth-order valence-electron chi connectivity index (χ4n) is 0.617. The number of hydrogen-bond acceptors (Lipinski definition) is 2. The van der Waals surface area contributed by atoms with Crippen LogP contribution in [0.1, 0.15) is 25.5 Å². The Morgan fingerprint density at radius 3 is 2.56 bits per heavy atom. The van der Waals surface area contributed by atoms with Crippen molar-refractivity contribution in [2.45, 2.75) is 19.8 Å². The zero-order valence-electron chi connectivity index (χ0n) is 5.39. The van der Waals surface area contributed by atoms with Gasteiger partial charge in [-0.3, -0.25) is 0 Å². The predicted molar refractivity (Wildman–Crippen MR) is 36.2 cm³/mol. The van der Waals surface area contributed by atoms with Crippen molar-refractivity contribution in [2.75, 3.05) is 0 Å². The van der Waals surface area contributed by atoms with Crippen LogP contribution < -0.4 is 0 Å². The predicted octanol–water partition coefficient (Wildman–Crippen LogP) is 2.41. The first-order chi connectivity index (χ1) is 4.22. The van der Waals surface area contributed by atoms with Gasteiger partial charge in [-0.25, -0.2) is 4.98 Å². The van der Waals surface area contributed by atoms with Gasteiger partial charge < -0.3 is 0 Å². The van der Waals surface area contributed by atoms with Gasteiger partial charge in [-0.05, 0) is 5.92 Å². The summed E-state index contributed by atoms with van der Waals surface area (Å²) in [5.74, 6) is 0.205. The van der Waals surface area contributed by atoms with Crippen LogP contribution in [0.3, 0.4) is 0 Å². The Hall–Kier alpha value is -0.440. The standard InChI is InChI=1S/C6H8FNS/c1-4(2)5-6(7)9-3-8-5/h3-4H,1-2H3. The molecule has 0 radical (unpaired) electrons. The van der Waals surface area contributed by atoms with E-state index in [1.54, 1.807) is 0 Å². The maximum absolute atomic E-state index is 12.6. The van der Waals surface area contributed by atoms with Crippen molar-refractivity contribution in [3.05, 3.63) is 16.3 Å². The number of thiazole rings is 1. The molecule has 0 aliphatic carbocycles. The average Bonchev–Trinajstić information content (AvgIpc) is 2.13. The molecule has 1 rings (SSSR count). The molecule has 0 fully saturated rings. The summed E-state index contributed by atoms with van der Waals surface area (Å²) in [6.07, 6.45) is 0. The highest BCUT2D eigenvalue weighted by molar-refractivity contribution is 7.08. The van der Waals surface area contributed by atoms with Crippen molar-refractivity contribution in [1.82, 2.24) is 4.98 Å². The molecule has 1 heterocycles. The third-order valence-electron chi connectivity index (χ3n) is 1.10. The van der Waals surface area contributed by atoms with Crippen molar-refractivity contribution < 1.29 is 4.39 Å². The van der Waals surface area contributed by atoms with Crippen molar-refractivity contribution in [1.29, 1.82) is 0 Å². The van der Waals surface area contributed by atoms with E-state index in [1.165, 1.54) is 5.51 Å². The second-order valence-electron chi connectivity index (χ2n) is 2.17. The van der Waals surface area contributed by atoms with Crippen LogP contribution in [0.15, 0.2) is 5.51 Å². The fraction of sp³-hybridized carbons (Fsp3) is 0.500. The number of nitrogens with zero attached hydrogens (tertiary/aromatic N) is 1. The van der Waals surface area contributed by atoms with Crippen molar-refractivity contribution in [3.63, 3.8) is 0 Å². The van der Waals surface area contributed by atoms with E-state index in [9.17, 15) is 4.39 Å². The van der Waals surface area contributed by atoms with Crippen LogP contribution in [0, 0.1) is 5.13 Å². The topological polar surface area (TPSA) is 12.9 Å². The van der Waals surface area contributed by atoms with Crippen molar-refractivity contribution in [2.24, 2.45) is 0 Å². The van der Waals surface area contributed by atoms with E-state index in [4.69, 9.17) is 0 Å². The van der Waals surface area contributed by atoms with Gasteiger partial charge in [0.15, 0.2) is 5.13 Å². The van der Waals surface area contributed by atoms with Gasteiger partial charge in [0.05, 0.1) is 11.2 Å². The highest BCUT2D eigenvalue weighted by atomic mass is 32.1. The van der Waals surface area contributed by atoms with Crippen molar-refractivity contribution in [3.8, 4) is 0 Å². The average molecular weight is 145 g/mol. The van der Waals surface area contributed by atoms with Gasteiger partial charge in [-0.1, -0.05) is 25.2 Å². The first-order valence-electron chi connectivity index (χ1n) is 2.80. The smallest absolute Gasteiger partial charge is 0.199 e. The second kappa shape index (κ2) is 2.43. The zero-order valence-corrected chi connectivity index (χ0v) is 6.20. The molecule has 1 aromatic rings. The van der Waals surface area contributed by atoms with E-state index >= 15 is 0 Å². The Kier molecular flexibility index (Phi) is 1.81. The first kappa shape index (κ1) is 6.68. The van der Waals surface area contributed by atoms with Gasteiger partial charge in [0.1, 0.15) is 0 Å². The normalized spacial score (nSPS) is 10.7. The number of halogens is 1. The molecule has 0 aliphatic rings. The van der Waals surface area contributed by atoms with Gasteiger partial charge in [-0.15, -0.1) is 0 Å². The molecule has 0 N–H and O–H groups in total. The van der Waals surface area contributed by atoms with E-state index in [0.717, 1.165) is 11.3 Å². The highest BCUT2D eigenvalue weighted by Gasteiger charge is 2.07. The largest absolute Gasteiger partial charge is 0.246 e. The minimum absolute atomic E-state index is 0.148. The maximum atomic E-state index is 12.6. The second-order valence-corrected chi connectivity index (χ2v) is 2.97. The van der Waals surface area contributed by atoms with E-state index < -0.39 is 0 Å². The van der Waals surface area contributed by atoms with Gasteiger partial charge in [0.25, 0.3) is 0 Å². The molecule has 0 saturated carbocycles. The minimum atomic E-state index is -0.148. The van der Waals surface area contributed by atoms with Gasteiger partial charge in [0.2, 0.25) is 0 Å². The lowest BCUT2D eigenvalue weighted by molar-refractivity contribution is 0.617. The zero-order chi connectivity index (χ0) is 6.85. The summed E-state index contributed by atoms with van der Waals surface area (Å²) in [6, 6.07) is 0. The van der Waals surface area contributed by atoms with Crippen LogP contribution in [-0.2, 0) is 0 Å². The first-order valence-corrected chi connectivity index (χ1v) is 3.68. The van der Waals surface area contributed by atoms with E-state index in [1.807, 2.05) is 13.8 Å². The molecule has 0 aliphatic heterocycles. The molecule has 0 bridgehead atoms. The van der Waals surface area contributed by atoms with Gasteiger partial charge in [0, 0.05) is 0 Å². The highest BCUT2D eigenvalue weighted by Crippen LogP contribution is 2.18. The van der Waals surface area contributed by atoms with Gasteiger partial charge in [-0.2, -0.15) is 4.39 Å². The lowest BCUT2D eigenvalue weighted by atomic mass is 10.2. The molecule has 0 amide bonds. The van der Waals surface area contributed by atoms with Crippen molar-refractivity contribution >= 4 is 11.3 Å². The summed E-state index contributed by atoms with van der Waals surface area (Å²) in [5, 5.41) is -0.148. The van der Waals surface area contributed by atoms with Gasteiger partial charge >= 0.3 is 0 Å².